The number of carbonyl (C=O) groups is 1. The Bertz CT molecular complexity index is 584. The predicted molar refractivity (Wildman–Crippen MR) is 90.4 cm³/mol. The smallest absolute Gasteiger partial charge is 0.340 e. The highest BCUT2D eigenvalue weighted by molar-refractivity contribution is 5.93. The van der Waals surface area contributed by atoms with Gasteiger partial charge in [0.2, 0.25) is 6.29 Å². The number of fused-ring (bicyclic) bond motifs is 1. The van der Waals surface area contributed by atoms with Gasteiger partial charge >= 0.3 is 5.97 Å². The number of hydrogen-bond donors (Lipinski definition) is 1. The summed E-state index contributed by atoms with van der Waals surface area (Å²) >= 11 is 0. The molecule has 2 fully saturated rings. The lowest BCUT2D eigenvalue weighted by Crippen LogP contribution is -2.48. The average Bonchev–Trinajstić information content (AvgIpc) is 2.75. The van der Waals surface area contributed by atoms with Gasteiger partial charge in [-0.05, 0) is 48.5 Å². The molecule has 3 heteroatoms. The van der Waals surface area contributed by atoms with Gasteiger partial charge in [0.1, 0.15) is 0 Å². The molecule has 1 heterocycles. The van der Waals surface area contributed by atoms with Crippen molar-refractivity contribution in [1.82, 2.24) is 0 Å². The third-order valence-electron chi connectivity index (χ3n) is 6.43. The summed E-state index contributed by atoms with van der Waals surface area (Å²) in [5.41, 5.74) is 2.29. The number of aliphatic hydroxyl groups is 1. The zero-order valence-electron chi connectivity index (χ0n) is 14.5. The molecule has 2 aliphatic carbocycles. The van der Waals surface area contributed by atoms with Crippen LogP contribution in [0.3, 0.4) is 0 Å². The number of rotatable bonds is 2. The lowest BCUT2D eigenvalue weighted by Gasteiger charge is -2.57. The number of ether oxygens (including phenoxy) is 1. The van der Waals surface area contributed by atoms with Crippen molar-refractivity contribution < 1.29 is 14.6 Å². The largest absolute Gasteiger partial charge is 0.429 e. The van der Waals surface area contributed by atoms with Crippen LogP contribution in [0.25, 0.3) is 0 Å². The van der Waals surface area contributed by atoms with Crippen LogP contribution in [0.4, 0.5) is 0 Å². The quantitative estimate of drug-likeness (QED) is 0.615. The van der Waals surface area contributed by atoms with Crippen LogP contribution in [0, 0.1) is 22.7 Å². The van der Waals surface area contributed by atoms with Crippen molar-refractivity contribution in [1.29, 1.82) is 0 Å². The van der Waals surface area contributed by atoms with Crippen LogP contribution < -0.4 is 0 Å². The summed E-state index contributed by atoms with van der Waals surface area (Å²) in [5.74, 6) is 0.520. The zero-order valence-corrected chi connectivity index (χ0v) is 14.5. The highest BCUT2D eigenvalue weighted by Crippen LogP contribution is 2.61. The molecule has 126 valence electrons. The van der Waals surface area contributed by atoms with Crippen molar-refractivity contribution in [3.05, 3.63) is 36.0 Å². The number of carbonyl (C=O) groups excluding carboxylic acids is 1. The van der Waals surface area contributed by atoms with Crippen LogP contribution in [0.2, 0.25) is 0 Å². The molecule has 4 atom stereocenters. The number of hydrogen-bond acceptors (Lipinski definition) is 3. The van der Waals surface area contributed by atoms with E-state index < -0.39 is 12.3 Å². The number of esters is 1. The van der Waals surface area contributed by atoms with E-state index in [0.717, 1.165) is 6.42 Å². The first-order chi connectivity index (χ1) is 10.7. The van der Waals surface area contributed by atoms with Crippen LogP contribution in [0.1, 0.15) is 52.9 Å². The van der Waals surface area contributed by atoms with Crippen LogP contribution >= 0.6 is 0 Å². The van der Waals surface area contributed by atoms with Crippen LogP contribution in [-0.4, -0.2) is 17.4 Å². The minimum Gasteiger partial charge on any atom is -0.429 e. The van der Waals surface area contributed by atoms with Gasteiger partial charge < -0.3 is 9.84 Å². The standard InChI is InChI=1S/C20H28O3/c1-13-6-9-16-19(2,3)10-5-11-20(16,4)15(13)8-7-14-12-17(21)23-18(14)22/h7-8,12,15-17,21H,1,5-6,9-11H2,2-4H3/b8-7+/t15-,16?,17+,20+/m0/s1. The third-order valence-corrected chi connectivity index (χ3v) is 6.43. The van der Waals surface area contributed by atoms with E-state index in [4.69, 9.17) is 4.74 Å². The molecular weight excluding hydrogens is 288 g/mol. The summed E-state index contributed by atoms with van der Waals surface area (Å²) in [6.07, 6.45) is 10.3. The summed E-state index contributed by atoms with van der Waals surface area (Å²) in [5, 5.41) is 9.39. The van der Waals surface area contributed by atoms with E-state index in [0.29, 0.717) is 16.9 Å². The molecule has 3 rings (SSSR count). The van der Waals surface area contributed by atoms with Crippen molar-refractivity contribution in [2.45, 2.75) is 59.2 Å². The number of allylic oxidation sites excluding steroid dienone is 2. The van der Waals surface area contributed by atoms with Gasteiger partial charge in [-0.3, -0.25) is 0 Å². The highest BCUT2D eigenvalue weighted by atomic mass is 16.6. The van der Waals surface area contributed by atoms with Crippen LogP contribution in [0.15, 0.2) is 36.0 Å². The molecule has 3 aliphatic rings. The average molecular weight is 316 g/mol. The van der Waals surface area contributed by atoms with E-state index in [9.17, 15) is 9.90 Å². The summed E-state index contributed by atoms with van der Waals surface area (Å²) < 4.78 is 4.76. The van der Waals surface area contributed by atoms with Gasteiger partial charge in [-0.15, -0.1) is 0 Å². The second kappa shape index (κ2) is 5.62. The minimum absolute atomic E-state index is 0.204. The first kappa shape index (κ1) is 16.5. The molecular formula is C20H28O3. The number of cyclic esters (lactones) is 1. The molecule has 0 aromatic carbocycles. The first-order valence-electron chi connectivity index (χ1n) is 8.71. The maximum Gasteiger partial charge on any atom is 0.340 e. The van der Waals surface area contributed by atoms with Crippen molar-refractivity contribution >= 4 is 5.97 Å². The highest BCUT2D eigenvalue weighted by Gasteiger charge is 2.52. The molecule has 0 radical (unpaired) electrons. The second-order valence-corrected chi connectivity index (χ2v) is 8.35. The Morgan fingerprint density at radius 2 is 2.09 bits per heavy atom. The Morgan fingerprint density at radius 3 is 2.74 bits per heavy atom. The molecule has 0 saturated heterocycles. The minimum atomic E-state index is -1.10. The first-order valence-corrected chi connectivity index (χ1v) is 8.71. The van der Waals surface area contributed by atoms with E-state index in [1.54, 1.807) is 0 Å². The van der Waals surface area contributed by atoms with Gasteiger partial charge in [0.15, 0.2) is 0 Å². The molecule has 1 N–H and O–H groups in total. The fourth-order valence-corrected chi connectivity index (χ4v) is 5.32. The molecule has 1 aliphatic heterocycles. The van der Waals surface area contributed by atoms with Crippen molar-refractivity contribution in [2.24, 2.45) is 22.7 Å². The molecule has 0 aromatic heterocycles. The maximum atomic E-state index is 11.7. The fraction of sp³-hybridized carbons (Fsp3) is 0.650. The number of aliphatic hydroxyl groups excluding tert-OH is 1. The maximum absolute atomic E-state index is 11.7. The molecule has 0 spiro atoms. The van der Waals surface area contributed by atoms with Crippen molar-refractivity contribution in [3.63, 3.8) is 0 Å². The van der Waals surface area contributed by atoms with E-state index >= 15 is 0 Å². The Kier molecular flexibility index (Phi) is 4.04. The Morgan fingerprint density at radius 1 is 1.35 bits per heavy atom. The van der Waals surface area contributed by atoms with E-state index in [2.05, 4.69) is 33.4 Å². The van der Waals surface area contributed by atoms with E-state index in [-0.39, 0.29) is 11.3 Å². The van der Waals surface area contributed by atoms with Gasteiger partial charge in [-0.1, -0.05) is 51.5 Å². The topological polar surface area (TPSA) is 46.5 Å². The molecule has 0 aromatic rings. The molecule has 1 unspecified atom stereocenters. The van der Waals surface area contributed by atoms with Gasteiger partial charge in [-0.25, -0.2) is 4.79 Å². The molecule has 3 nitrogen and oxygen atoms in total. The monoisotopic (exact) mass is 316 g/mol. The molecule has 23 heavy (non-hydrogen) atoms. The summed E-state index contributed by atoms with van der Waals surface area (Å²) in [4.78, 5) is 11.7. The normalized spacial score (nSPS) is 40.0. The fourth-order valence-electron chi connectivity index (χ4n) is 5.32. The summed E-state index contributed by atoms with van der Waals surface area (Å²) in [7, 11) is 0. The Hall–Kier alpha value is -1.35. The molecule has 0 bridgehead atoms. The van der Waals surface area contributed by atoms with Crippen LogP contribution in [-0.2, 0) is 9.53 Å². The van der Waals surface area contributed by atoms with E-state index in [1.165, 1.54) is 37.3 Å². The lowest BCUT2D eigenvalue weighted by atomic mass is 9.47. The Balaban J connectivity index is 1.89. The van der Waals surface area contributed by atoms with Gasteiger partial charge in [0.25, 0.3) is 0 Å². The summed E-state index contributed by atoms with van der Waals surface area (Å²) in [6, 6.07) is 0. The van der Waals surface area contributed by atoms with Crippen molar-refractivity contribution in [2.75, 3.05) is 0 Å². The predicted octanol–water partition coefficient (Wildman–Crippen LogP) is 4.14. The van der Waals surface area contributed by atoms with Crippen molar-refractivity contribution in [3.8, 4) is 0 Å². The van der Waals surface area contributed by atoms with Gasteiger partial charge in [-0.2, -0.15) is 0 Å². The third kappa shape index (κ3) is 2.80. The zero-order chi connectivity index (χ0) is 16.8. The SMILES string of the molecule is C=C1CCC2C(C)(C)CCC[C@]2(C)[C@H]1/C=C/C1=C[C@H](O)OC1=O. The molecule has 2 saturated carbocycles. The lowest BCUT2D eigenvalue weighted by molar-refractivity contribution is -0.150. The van der Waals surface area contributed by atoms with Gasteiger partial charge in [0.05, 0.1) is 5.57 Å². The van der Waals surface area contributed by atoms with Gasteiger partial charge in [0, 0.05) is 5.92 Å². The molecule has 0 amide bonds. The Labute approximate surface area is 139 Å². The second-order valence-electron chi connectivity index (χ2n) is 8.35. The van der Waals surface area contributed by atoms with Crippen LogP contribution in [0.5, 0.6) is 0 Å². The summed E-state index contributed by atoms with van der Waals surface area (Å²) in [6.45, 7) is 11.5. The van der Waals surface area contributed by atoms with E-state index in [1.807, 2.05) is 6.08 Å².